The topological polar surface area (TPSA) is 70.4 Å². The minimum atomic E-state index is -1.17. The van der Waals surface area contributed by atoms with Crippen molar-refractivity contribution in [2.24, 2.45) is 0 Å². The van der Waals surface area contributed by atoms with Gasteiger partial charge in [0.15, 0.2) is 0 Å². The van der Waals surface area contributed by atoms with E-state index in [4.69, 9.17) is 10.00 Å². The summed E-state index contributed by atoms with van der Waals surface area (Å²) in [7, 11) is 1.49. The van der Waals surface area contributed by atoms with Crippen molar-refractivity contribution in [3.63, 3.8) is 0 Å². The van der Waals surface area contributed by atoms with E-state index < -0.39 is 17.4 Å². The largest absolute Gasteiger partial charge is 0.497 e. The first kappa shape index (κ1) is 12.1. The SMILES string of the molecule is COc1ccc2c(c1)C(=O)N(C(C)(C)C#N)C2=O. The van der Waals surface area contributed by atoms with Gasteiger partial charge in [-0.05, 0) is 32.0 Å². The third-order valence-corrected chi connectivity index (χ3v) is 2.93. The molecule has 0 N–H and O–H groups in total. The highest BCUT2D eigenvalue weighted by atomic mass is 16.5. The summed E-state index contributed by atoms with van der Waals surface area (Å²) in [6.07, 6.45) is 0. The van der Waals surface area contributed by atoms with Gasteiger partial charge in [-0.2, -0.15) is 5.26 Å². The van der Waals surface area contributed by atoms with Crippen molar-refractivity contribution >= 4 is 11.8 Å². The van der Waals surface area contributed by atoms with Crippen LogP contribution in [0.4, 0.5) is 0 Å². The molecule has 0 radical (unpaired) electrons. The van der Waals surface area contributed by atoms with Gasteiger partial charge in [0.05, 0.1) is 24.3 Å². The number of benzene rings is 1. The monoisotopic (exact) mass is 244 g/mol. The fourth-order valence-electron chi connectivity index (χ4n) is 1.90. The molecule has 0 spiro atoms. The van der Waals surface area contributed by atoms with Crippen LogP contribution in [0, 0.1) is 11.3 Å². The molecule has 1 aromatic carbocycles. The lowest BCUT2D eigenvalue weighted by atomic mass is 10.1. The van der Waals surface area contributed by atoms with Crippen molar-refractivity contribution in [3.8, 4) is 11.8 Å². The van der Waals surface area contributed by atoms with E-state index in [1.807, 2.05) is 6.07 Å². The number of nitrogens with zero attached hydrogens (tertiary/aromatic N) is 2. The van der Waals surface area contributed by atoms with Crippen LogP contribution in [-0.4, -0.2) is 29.4 Å². The van der Waals surface area contributed by atoms with Crippen LogP contribution < -0.4 is 4.74 Å². The fraction of sp³-hybridized carbons (Fsp3) is 0.308. The summed E-state index contributed by atoms with van der Waals surface area (Å²) in [5, 5.41) is 9.05. The zero-order valence-electron chi connectivity index (χ0n) is 10.4. The predicted octanol–water partition coefficient (Wildman–Crippen LogP) is 1.59. The van der Waals surface area contributed by atoms with Crippen LogP contribution in [0.25, 0.3) is 0 Å². The van der Waals surface area contributed by atoms with Gasteiger partial charge in [-0.25, -0.2) is 0 Å². The number of ether oxygens (including phenoxy) is 1. The first-order chi connectivity index (χ1) is 8.42. The fourth-order valence-corrected chi connectivity index (χ4v) is 1.90. The Bertz CT molecular complexity index is 584. The molecule has 1 heterocycles. The van der Waals surface area contributed by atoms with Crippen molar-refractivity contribution in [2.75, 3.05) is 7.11 Å². The first-order valence-corrected chi connectivity index (χ1v) is 5.40. The van der Waals surface area contributed by atoms with Crippen LogP contribution in [0.2, 0.25) is 0 Å². The number of imide groups is 1. The first-order valence-electron chi connectivity index (χ1n) is 5.40. The number of carbonyl (C=O) groups excluding carboxylic acids is 2. The Morgan fingerprint density at radius 1 is 1.22 bits per heavy atom. The molecule has 1 aliphatic rings. The minimum absolute atomic E-state index is 0.280. The molecular weight excluding hydrogens is 232 g/mol. The molecule has 1 aromatic rings. The molecule has 2 rings (SSSR count). The summed E-state index contributed by atoms with van der Waals surface area (Å²) in [6, 6.07) is 6.64. The van der Waals surface area contributed by atoms with E-state index in [1.54, 1.807) is 12.1 Å². The number of methoxy groups -OCH3 is 1. The third kappa shape index (κ3) is 1.54. The Balaban J connectivity index is 2.55. The lowest BCUT2D eigenvalue weighted by Crippen LogP contribution is -2.46. The molecule has 0 unspecified atom stereocenters. The summed E-state index contributed by atoms with van der Waals surface area (Å²) in [4.78, 5) is 25.3. The predicted molar refractivity (Wildman–Crippen MR) is 63.2 cm³/mol. The van der Waals surface area contributed by atoms with Crippen molar-refractivity contribution in [1.82, 2.24) is 4.90 Å². The van der Waals surface area contributed by atoms with E-state index >= 15 is 0 Å². The minimum Gasteiger partial charge on any atom is -0.497 e. The summed E-state index contributed by atoms with van der Waals surface area (Å²) in [5.74, 6) is -0.392. The molecular formula is C13H12N2O3. The van der Waals surface area contributed by atoms with Crippen molar-refractivity contribution in [2.45, 2.75) is 19.4 Å². The van der Waals surface area contributed by atoms with Crippen LogP contribution >= 0.6 is 0 Å². The van der Waals surface area contributed by atoms with Gasteiger partial charge in [-0.15, -0.1) is 0 Å². The number of nitriles is 1. The molecule has 5 heteroatoms. The molecule has 0 atom stereocenters. The average molecular weight is 244 g/mol. The highest BCUT2D eigenvalue weighted by molar-refractivity contribution is 6.22. The second kappa shape index (κ2) is 3.84. The number of amides is 2. The second-order valence-electron chi connectivity index (χ2n) is 4.53. The quantitative estimate of drug-likeness (QED) is 0.741. The molecule has 0 bridgehead atoms. The zero-order chi connectivity index (χ0) is 13.5. The van der Waals surface area contributed by atoms with Gasteiger partial charge in [0.25, 0.3) is 11.8 Å². The molecule has 92 valence electrons. The maximum absolute atomic E-state index is 12.2. The Morgan fingerprint density at radius 3 is 2.39 bits per heavy atom. The summed E-state index contributed by atoms with van der Waals surface area (Å²) < 4.78 is 5.02. The lowest BCUT2D eigenvalue weighted by Gasteiger charge is -2.26. The summed E-state index contributed by atoms with van der Waals surface area (Å²) >= 11 is 0. The van der Waals surface area contributed by atoms with Crippen molar-refractivity contribution < 1.29 is 14.3 Å². The molecule has 0 aromatic heterocycles. The van der Waals surface area contributed by atoms with Gasteiger partial charge < -0.3 is 4.74 Å². The number of rotatable bonds is 2. The van der Waals surface area contributed by atoms with Gasteiger partial charge in [-0.1, -0.05) is 0 Å². The number of hydrogen-bond acceptors (Lipinski definition) is 4. The zero-order valence-corrected chi connectivity index (χ0v) is 10.4. The smallest absolute Gasteiger partial charge is 0.263 e. The lowest BCUT2D eigenvalue weighted by molar-refractivity contribution is 0.0549. The Hall–Kier alpha value is -2.35. The van der Waals surface area contributed by atoms with Crippen LogP contribution in [0.1, 0.15) is 34.6 Å². The van der Waals surface area contributed by atoms with Crippen LogP contribution in [-0.2, 0) is 0 Å². The van der Waals surface area contributed by atoms with Crippen LogP contribution in [0.3, 0.4) is 0 Å². The van der Waals surface area contributed by atoms with Crippen molar-refractivity contribution in [1.29, 1.82) is 5.26 Å². The van der Waals surface area contributed by atoms with Crippen LogP contribution in [0.5, 0.6) is 5.75 Å². The van der Waals surface area contributed by atoms with E-state index in [-0.39, 0.29) is 5.56 Å². The van der Waals surface area contributed by atoms with Gasteiger partial charge >= 0.3 is 0 Å². The van der Waals surface area contributed by atoms with Crippen LogP contribution in [0.15, 0.2) is 18.2 Å². The van der Waals surface area contributed by atoms with E-state index in [1.165, 1.54) is 27.0 Å². The number of fused-ring (bicyclic) bond motifs is 1. The molecule has 18 heavy (non-hydrogen) atoms. The molecule has 0 saturated heterocycles. The molecule has 0 fully saturated rings. The maximum atomic E-state index is 12.2. The molecule has 5 nitrogen and oxygen atoms in total. The summed E-state index contributed by atoms with van der Waals surface area (Å²) in [6.45, 7) is 3.07. The molecule has 0 saturated carbocycles. The maximum Gasteiger partial charge on any atom is 0.263 e. The molecule has 1 aliphatic heterocycles. The third-order valence-electron chi connectivity index (χ3n) is 2.93. The standard InChI is InChI=1S/C13H12N2O3/c1-13(2,7-14)15-11(16)9-5-4-8(18-3)6-10(9)12(15)17/h4-6H,1-3H3. The van der Waals surface area contributed by atoms with Gasteiger partial charge in [0, 0.05) is 0 Å². The van der Waals surface area contributed by atoms with Gasteiger partial charge in [-0.3, -0.25) is 14.5 Å². The molecule has 0 aliphatic carbocycles. The van der Waals surface area contributed by atoms with Gasteiger partial charge in [0.1, 0.15) is 11.3 Å². The normalized spacial score (nSPS) is 14.4. The number of hydrogen-bond donors (Lipinski definition) is 0. The average Bonchev–Trinajstić information content (AvgIpc) is 2.61. The van der Waals surface area contributed by atoms with E-state index in [2.05, 4.69) is 0 Å². The highest BCUT2D eigenvalue weighted by Crippen LogP contribution is 2.31. The summed E-state index contributed by atoms with van der Waals surface area (Å²) in [5.41, 5.74) is -0.577. The highest BCUT2D eigenvalue weighted by Gasteiger charge is 2.44. The van der Waals surface area contributed by atoms with Gasteiger partial charge in [0.2, 0.25) is 0 Å². The second-order valence-corrected chi connectivity index (χ2v) is 4.53. The Morgan fingerprint density at radius 2 is 1.83 bits per heavy atom. The van der Waals surface area contributed by atoms with E-state index in [9.17, 15) is 9.59 Å². The Labute approximate surface area is 105 Å². The van der Waals surface area contributed by atoms with E-state index in [0.717, 1.165) is 4.90 Å². The Kier molecular flexibility index (Phi) is 2.59. The van der Waals surface area contributed by atoms with Crippen molar-refractivity contribution in [3.05, 3.63) is 29.3 Å². The number of carbonyl (C=O) groups is 2. The van der Waals surface area contributed by atoms with E-state index in [0.29, 0.717) is 11.3 Å². The molecule has 2 amide bonds.